The van der Waals surface area contributed by atoms with Crippen LogP contribution in [0.4, 0.5) is 10.5 Å². The molecular weight excluding hydrogens is 474 g/mol. The summed E-state index contributed by atoms with van der Waals surface area (Å²) in [6.07, 6.45) is 0. The van der Waals surface area contributed by atoms with Crippen LogP contribution < -0.4 is 5.32 Å². The number of anilines is 1. The summed E-state index contributed by atoms with van der Waals surface area (Å²) in [6, 6.07) is 25.2. The Labute approximate surface area is 193 Å². The zero-order chi connectivity index (χ0) is 22.5. The molecule has 2 N–H and O–H groups in total. The zero-order valence-corrected chi connectivity index (χ0v) is 18.5. The predicted octanol–water partition coefficient (Wildman–Crippen LogP) is 5.24. The third-order valence-electron chi connectivity index (χ3n) is 5.00. The van der Waals surface area contributed by atoms with Gasteiger partial charge in [-0.1, -0.05) is 76.6 Å². The number of carbonyl (C=O) groups is 2. The monoisotopic (exact) mass is 493 g/mol. The summed E-state index contributed by atoms with van der Waals surface area (Å²) in [5.74, 6) is -1.40. The van der Waals surface area contributed by atoms with Crippen molar-refractivity contribution in [1.82, 2.24) is 5.01 Å². The van der Waals surface area contributed by atoms with E-state index in [1.54, 1.807) is 12.1 Å². The second-order valence-electron chi connectivity index (χ2n) is 7.15. The van der Waals surface area contributed by atoms with Crippen LogP contribution >= 0.6 is 15.9 Å². The molecule has 0 aliphatic carbocycles. The molecule has 2 atom stereocenters. The number of rotatable bonds is 5. The number of carboxylic acids is 1. The highest BCUT2D eigenvalue weighted by atomic mass is 79.9. The van der Waals surface area contributed by atoms with Crippen molar-refractivity contribution in [3.8, 4) is 0 Å². The van der Waals surface area contributed by atoms with Crippen LogP contribution in [0.3, 0.4) is 0 Å². The van der Waals surface area contributed by atoms with E-state index in [0.29, 0.717) is 5.69 Å². The van der Waals surface area contributed by atoms with Crippen LogP contribution in [0.5, 0.6) is 0 Å². The first-order chi connectivity index (χ1) is 15.5. The Morgan fingerprint density at radius 3 is 2.12 bits per heavy atom. The van der Waals surface area contributed by atoms with E-state index in [-0.39, 0.29) is 5.90 Å². The van der Waals surface area contributed by atoms with Crippen LogP contribution in [0.1, 0.15) is 23.1 Å². The molecule has 3 aromatic carbocycles. The Kier molecular flexibility index (Phi) is 6.51. The minimum Gasteiger partial charge on any atom is -0.479 e. The van der Waals surface area contributed by atoms with Crippen LogP contribution in [0.25, 0.3) is 0 Å². The van der Waals surface area contributed by atoms with Gasteiger partial charge in [-0.15, -0.1) is 5.10 Å². The minimum atomic E-state index is -1.12. The number of hydrogen-bond donors (Lipinski definition) is 2. The third kappa shape index (κ3) is 4.81. The highest BCUT2D eigenvalue weighted by molar-refractivity contribution is 9.10. The molecule has 0 fully saturated rings. The second-order valence-corrected chi connectivity index (χ2v) is 8.06. The summed E-state index contributed by atoms with van der Waals surface area (Å²) >= 11 is 3.38. The number of hydrogen-bond acceptors (Lipinski definition) is 4. The number of halogens is 1. The summed E-state index contributed by atoms with van der Waals surface area (Å²) in [4.78, 5) is 24.4. The van der Waals surface area contributed by atoms with E-state index in [1.165, 1.54) is 5.01 Å². The zero-order valence-electron chi connectivity index (χ0n) is 16.9. The first-order valence-electron chi connectivity index (χ1n) is 9.91. The van der Waals surface area contributed by atoms with Crippen molar-refractivity contribution in [1.29, 1.82) is 0 Å². The Morgan fingerprint density at radius 2 is 1.53 bits per heavy atom. The van der Waals surface area contributed by atoms with Crippen molar-refractivity contribution in [3.63, 3.8) is 0 Å². The van der Waals surface area contributed by atoms with Gasteiger partial charge in [0.1, 0.15) is 0 Å². The number of nitrogens with zero attached hydrogens (tertiary/aromatic N) is 2. The number of carboxylic acid groups (broad SMARTS) is 1. The van der Waals surface area contributed by atoms with E-state index in [0.717, 1.165) is 15.6 Å². The van der Waals surface area contributed by atoms with Crippen molar-refractivity contribution >= 4 is 39.5 Å². The van der Waals surface area contributed by atoms with Gasteiger partial charge in [-0.2, -0.15) is 0 Å². The molecular formula is C24H20BrN3O4. The topological polar surface area (TPSA) is 91.2 Å². The smallest absolute Gasteiger partial charge is 0.342 e. The first kappa shape index (κ1) is 21.6. The molecule has 0 aromatic heterocycles. The number of ether oxygens (including phenoxy) is 1. The van der Waals surface area contributed by atoms with Crippen LogP contribution in [-0.2, 0) is 9.53 Å². The van der Waals surface area contributed by atoms with Gasteiger partial charge in [-0.25, -0.2) is 14.6 Å². The SMILES string of the molecule is O=C(O)COC1=NN(C(=O)Nc2ccc(Br)cc2)C(c2ccccc2)C1c1ccccc1. The first-order valence-corrected chi connectivity index (χ1v) is 10.7. The molecule has 0 radical (unpaired) electrons. The summed E-state index contributed by atoms with van der Waals surface area (Å²) in [5.41, 5.74) is 2.32. The lowest BCUT2D eigenvalue weighted by Gasteiger charge is -2.27. The van der Waals surface area contributed by atoms with Crippen LogP contribution in [0.15, 0.2) is 94.5 Å². The number of aliphatic carboxylic acids is 1. The van der Waals surface area contributed by atoms with E-state index in [9.17, 15) is 9.59 Å². The molecule has 0 spiro atoms. The number of nitrogens with one attached hydrogen (secondary N) is 1. The minimum absolute atomic E-state index is 0.179. The summed E-state index contributed by atoms with van der Waals surface area (Å²) < 4.78 is 6.45. The van der Waals surface area contributed by atoms with E-state index in [4.69, 9.17) is 9.84 Å². The van der Waals surface area contributed by atoms with E-state index >= 15 is 0 Å². The van der Waals surface area contributed by atoms with Crippen LogP contribution in [-0.4, -0.2) is 34.6 Å². The normalized spacial score (nSPS) is 17.5. The lowest BCUT2D eigenvalue weighted by molar-refractivity contribution is -0.139. The van der Waals surface area contributed by atoms with Gasteiger partial charge in [-0.3, -0.25) is 0 Å². The summed E-state index contributed by atoms with van der Waals surface area (Å²) in [7, 11) is 0. The average Bonchev–Trinajstić information content (AvgIpc) is 3.20. The van der Waals surface area contributed by atoms with E-state index < -0.39 is 30.6 Å². The fraction of sp³-hybridized carbons (Fsp3) is 0.125. The van der Waals surface area contributed by atoms with E-state index in [2.05, 4.69) is 26.3 Å². The molecule has 162 valence electrons. The molecule has 1 aliphatic heterocycles. The second kappa shape index (κ2) is 9.65. The number of urea groups is 1. The Hall–Kier alpha value is -3.65. The maximum atomic E-state index is 13.3. The molecule has 8 heteroatoms. The average molecular weight is 494 g/mol. The molecule has 2 unspecified atom stereocenters. The highest BCUT2D eigenvalue weighted by Gasteiger charge is 2.44. The maximum absolute atomic E-state index is 13.3. The largest absolute Gasteiger partial charge is 0.479 e. The Balaban J connectivity index is 1.73. The number of hydrazone groups is 1. The van der Waals surface area contributed by atoms with Gasteiger partial charge in [0.05, 0.1) is 12.0 Å². The van der Waals surface area contributed by atoms with Crippen molar-refractivity contribution in [2.75, 3.05) is 11.9 Å². The standard InChI is InChI=1S/C24H20BrN3O4/c25-18-11-13-19(14-12-18)26-24(31)28-22(17-9-5-2-6-10-17)21(16-7-3-1-4-8-16)23(27-28)32-15-20(29)30/h1-14,21-22H,15H2,(H,26,31)(H,29,30). The number of carbonyl (C=O) groups excluding carboxylic acids is 1. The van der Waals surface area contributed by atoms with Crippen LogP contribution in [0.2, 0.25) is 0 Å². The lowest BCUT2D eigenvalue weighted by Crippen LogP contribution is -2.33. The molecule has 4 rings (SSSR count). The number of benzene rings is 3. The van der Waals surface area contributed by atoms with Crippen molar-refractivity contribution in [2.45, 2.75) is 12.0 Å². The predicted molar refractivity (Wildman–Crippen MR) is 124 cm³/mol. The molecule has 0 saturated carbocycles. The quantitative estimate of drug-likeness (QED) is 0.508. The molecule has 2 amide bonds. The fourth-order valence-electron chi connectivity index (χ4n) is 3.62. The van der Waals surface area contributed by atoms with Crippen molar-refractivity contribution < 1.29 is 19.4 Å². The van der Waals surface area contributed by atoms with E-state index in [1.807, 2.05) is 72.8 Å². The molecule has 0 bridgehead atoms. The third-order valence-corrected chi connectivity index (χ3v) is 5.53. The van der Waals surface area contributed by atoms with Gasteiger partial charge >= 0.3 is 12.0 Å². The van der Waals surface area contributed by atoms with Gasteiger partial charge in [0.15, 0.2) is 6.61 Å². The molecule has 0 saturated heterocycles. The van der Waals surface area contributed by atoms with Crippen molar-refractivity contribution in [2.24, 2.45) is 5.10 Å². The van der Waals surface area contributed by atoms with Gasteiger partial charge in [0.2, 0.25) is 5.90 Å². The number of amides is 2. The van der Waals surface area contributed by atoms with Gasteiger partial charge < -0.3 is 15.2 Å². The van der Waals surface area contributed by atoms with Gasteiger partial charge in [0.25, 0.3) is 0 Å². The Bertz CT molecular complexity index is 1120. The van der Waals surface area contributed by atoms with Gasteiger partial charge in [-0.05, 0) is 35.4 Å². The lowest BCUT2D eigenvalue weighted by atomic mass is 9.87. The van der Waals surface area contributed by atoms with Gasteiger partial charge in [0, 0.05) is 10.2 Å². The summed E-state index contributed by atoms with van der Waals surface area (Å²) in [6.45, 7) is -0.550. The van der Waals surface area contributed by atoms with Crippen LogP contribution in [0, 0.1) is 0 Å². The van der Waals surface area contributed by atoms with Crippen molar-refractivity contribution in [3.05, 3.63) is 101 Å². The fourth-order valence-corrected chi connectivity index (χ4v) is 3.88. The maximum Gasteiger partial charge on any atom is 0.342 e. The molecule has 7 nitrogen and oxygen atoms in total. The molecule has 1 aliphatic rings. The molecule has 1 heterocycles. The summed E-state index contributed by atoms with van der Waals surface area (Å²) in [5, 5.41) is 17.7. The molecule has 32 heavy (non-hydrogen) atoms. The Morgan fingerprint density at radius 1 is 0.938 bits per heavy atom. The molecule has 3 aromatic rings. The highest BCUT2D eigenvalue weighted by Crippen LogP contribution is 2.42.